The number of likely N-dealkylation sites (tertiary alicyclic amines) is 1. The van der Waals surface area contributed by atoms with Crippen LogP contribution in [0.2, 0.25) is 0 Å². The van der Waals surface area contributed by atoms with E-state index < -0.39 is 11.9 Å². The van der Waals surface area contributed by atoms with E-state index in [1.807, 2.05) is 6.07 Å². The van der Waals surface area contributed by atoms with Crippen LogP contribution in [0.4, 0.5) is 4.39 Å². The highest BCUT2D eigenvalue weighted by Gasteiger charge is 2.26. The zero-order valence-corrected chi connectivity index (χ0v) is 16.1. The van der Waals surface area contributed by atoms with E-state index in [4.69, 9.17) is 4.74 Å². The highest BCUT2D eigenvalue weighted by Crippen LogP contribution is 2.22. The number of H-pyrrole nitrogens is 1. The number of aromatic amines is 1. The van der Waals surface area contributed by atoms with Gasteiger partial charge in [0.2, 0.25) is 0 Å². The molecule has 1 unspecified atom stereocenters. The summed E-state index contributed by atoms with van der Waals surface area (Å²) < 4.78 is 21.6. The highest BCUT2D eigenvalue weighted by molar-refractivity contribution is 5.92. The zero-order valence-electron chi connectivity index (χ0n) is 16.1. The summed E-state index contributed by atoms with van der Waals surface area (Å²) in [7, 11) is 1.46. The van der Waals surface area contributed by atoms with Crippen LogP contribution in [-0.4, -0.2) is 56.6 Å². The van der Waals surface area contributed by atoms with Crippen molar-refractivity contribution in [1.29, 1.82) is 0 Å². The molecule has 4 rings (SSSR count). The van der Waals surface area contributed by atoms with Gasteiger partial charge in [0.1, 0.15) is 17.4 Å². The van der Waals surface area contributed by atoms with Gasteiger partial charge in [-0.1, -0.05) is 0 Å². The van der Waals surface area contributed by atoms with Crippen molar-refractivity contribution in [3.63, 3.8) is 0 Å². The van der Waals surface area contributed by atoms with Crippen molar-refractivity contribution in [1.82, 2.24) is 29.8 Å². The molecule has 0 saturated carbocycles. The maximum atomic E-state index is 14.2. The van der Waals surface area contributed by atoms with Crippen LogP contribution >= 0.6 is 0 Å². The Labute approximate surface area is 165 Å². The number of pyridine rings is 1. The summed E-state index contributed by atoms with van der Waals surface area (Å²) in [5.74, 6) is -1.22. The van der Waals surface area contributed by atoms with Crippen LogP contribution in [-0.2, 0) is 6.54 Å². The maximum absolute atomic E-state index is 14.2. The predicted octanol–water partition coefficient (Wildman–Crippen LogP) is 0.878. The number of rotatable bonds is 5. The number of halogens is 1. The van der Waals surface area contributed by atoms with E-state index in [2.05, 4.69) is 25.3 Å². The van der Waals surface area contributed by atoms with Gasteiger partial charge in [-0.05, 0) is 25.5 Å². The number of amides is 1. The van der Waals surface area contributed by atoms with Crippen molar-refractivity contribution < 1.29 is 13.9 Å². The van der Waals surface area contributed by atoms with Crippen LogP contribution in [0.25, 0.3) is 5.65 Å². The molecule has 1 saturated heterocycles. The van der Waals surface area contributed by atoms with Gasteiger partial charge in [0.15, 0.2) is 5.75 Å². The van der Waals surface area contributed by atoms with E-state index in [1.165, 1.54) is 19.2 Å². The zero-order chi connectivity index (χ0) is 20.5. The molecule has 0 aliphatic carbocycles. The van der Waals surface area contributed by atoms with Crippen molar-refractivity contribution in [2.24, 2.45) is 0 Å². The number of aryl methyl sites for hydroxylation is 1. The van der Waals surface area contributed by atoms with E-state index >= 15 is 0 Å². The topological polar surface area (TPSA) is 105 Å². The average molecular weight is 400 g/mol. The molecule has 3 aromatic heterocycles. The van der Waals surface area contributed by atoms with Gasteiger partial charge in [0.05, 0.1) is 5.69 Å². The first kappa shape index (κ1) is 19.1. The number of nitrogens with zero attached hydrogens (tertiary/aromatic N) is 4. The van der Waals surface area contributed by atoms with Crippen LogP contribution in [0, 0.1) is 12.9 Å². The number of carbonyl (C=O) groups excluding carboxylic acids is 1. The molecule has 0 radical (unpaired) electrons. The first-order valence-electron chi connectivity index (χ1n) is 9.29. The molecule has 1 amide bonds. The van der Waals surface area contributed by atoms with Gasteiger partial charge in [-0.2, -0.15) is 9.49 Å². The molecular formula is C19H21FN6O3. The SMILES string of the molecule is CNC(=O)c1ccc(OC2CCN(Cc3cc4[nH]c(=O)c(C)cn4n3)C2)c(F)n1. The number of nitrogens with one attached hydrogen (secondary N) is 2. The summed E-state index contributed by atoms with van der Waals surface area (Å²) in [6, 6.07) is 4.70. The predicted molar refractivity (Wildman–Crippen MR) is 102 cm³/mol. The second-order valence-corrected chi connectivity index (χ2v) is 7.06. The molecule has 1 aliphatic rings. The van der Waals surface area contributed by atoms with E-state index in [9.17, 15) is 14.0 Å². The van der Waals surface area contributed by atoms with Crippen LogP contribution < -0.4 is 15.6 Å². The lowest BCUT2D eigenvalue weighted by molar-refractivity contribution is 0.0956. The number of aromatic nitrogens is 4. The fourth-order valence-electron chi connectivity index (χ4n) is 3.38. The molecule has 10 heteroatoms. The van der Waals surface area contributed by atoms with Crippen molar-refractivity contribution >= 4 is 11.6 Å². The van der Waals surface area contributed by atoms with Gasteiger partial charge in [0, 0.05) is 44.5 Å². The summed E-state index contributed by atoms with van der Waals surface area (Å²) in [6.45, 7) is 3.72. The Morgan fingerprint density at radius 2 is 2.28 bits per heavy atom. The van der Waals surface area contributed by atoms with Gasteiger partial charge >= 0.3 is 0 Å². The molecule has 152 valence electrons. The number of carbonyl (C=O) groups is 1. The van der Waals surface area contributed by atoms with E-state index in [0.717, 1.165) is 18.7 Å². The Bertz CT molecular complexity index is 1120. The molecule has 29 heavy (non-hydrogen) atoms. The fourth-order valence-corrected chi connectivity index (χ4v) is 3.38. The molecule has 1 aliphatic heterocycles. The second kappa shape index (κ2) is 7.63. The van der Waals surface area contributed by atoms with Crippen LogP contribution in [0.5, 0.6) is 5.75 Å². The van der Waals surface area contributed by atoms with Crippen LogP contribution in [0.1, 0.15) is 28.2 Å². The van der Waals surface area contributed by atoms with Crippen molar-refractivity contribution in [2.75, 3.05) is 20.1 Å². The number of fused-ring (bicyclic) bond motifs is 1. The number of hydrogen-bond donors (Lipinski definition) is 2. The molecule has 2 N–H and O–H groups in total. The molecule has 1 atom stereocenters. The molecule has 0 bridgehead atoms. The first-order chi connectivity index (χ1) is 13.9. The normalized spacial score (nSPS) is 17.0. The molecular weight excluding hydrogens is 379 g/mol. The summed E-state index contributed by atoms with van der Waals surface area (Å²) in [5, 5.41) is 6.89. The minimum Gasteiger partial charge on any atom is -0.484 e. The molecule has 1 fully saturated rings. The smallest absolute Gasteiger partial charge is 0.269 e. The third kappa shape index (κ3) is 3.97. The average Bonchev–Trinajstić information content (AvgIpc) is 3.29. The van der Waals surface area contributed by atoms with Gasteiger partial charge in [-0.15, -0.1) is 0 Å². The molecule has 4 heterocycles. The lowest BCUT2D eigenvalue weighted by atomic mass is 10.3. The van der Waals surface area contributed by atoms with Gasteiger partial charge in [-0.25, -0.2) is 9.50 Å². The minimum atomic E-state index is -0.802. The van der Waals surface area contributed by atoms with Gasteiger partial charge in [-0.3, -0.25) is 14.5 Å². The van der Waals surface area contributed by atoms with E-state index in [-0.39, 0.29) is 23.1 Å². The molecule has 9 nitrogen and oxygen atoms in total. The number of ether oxygens (including phenoxy) is 1. The van der Waals surface area contributed by atoms with Gasteiger partial charge in [0.25, 0.3) is 17.4 Å². The monoisotopic (exact) mass is 400 g/mol. The van der Waals surface area contributed by atoms with E-state index in [0.29, 0.717) is 24.3 Å². The first-order valence-corrected chi connectivity index (χ1v) is 9.29. The Balaban J connectivity index is 1.39. The van der Waals surface area contributed by atoms with Crippen molar-refractivity contribution in [2.45, 2.75) is 26.0 Å². The molecule has 0 spiro atoms. The molecule has 3 aromatic rings. The Morgan fingerprint density at radius 3 is 3.03 bits per heavy atom. The number of hydrogen-bond acceptors (Lipinski definition) is 6. The summed E-state index contributed by atoms with van der Waals surface area (Å²) in [5.41, 5.74) is 1.95. The van der Waals surface area contributed by atoms with Crippen LogP contribution in [0.3, 0.4) is 0 Å². The highest BCUT2D eigenvalue weighted by atomic mass is 19.1. The van der Waals surface area contributed by atoms with Crippen molar-refractivity contribution in [3.05, 3.63) is 57.6 Å². The lowest BCUT2D eigenvalue weighted by Crippen LogP contribution is -2.25. The molecule has 0 aromatic carbocycles. The van der Waals surface area contributed by atoms with E-state index in [1.54, 1.807) is 17.6 Å². The Morgan fingerprint density at radius 1 is 1.45 bits per heavy atom. The fraction of sp³-hybridized carbons (Fsp3) is 0.368. The third-order valence-electron chi connectivity index (χ3n) is 4.88. The van der Waals surface area contributed by atoms with Crippen molar-refractivity contribution in [3.8, 4) is 5.75 Å². The lowest BCUT2D eigenvalue weighted by Gasteiger charge is -2.16. The Kier molecular flexibility index (Phi) is 5.01. The largest absolute Gasteiger partial charge is 0.484 e. The van der Waals surface area contributed by atoms with Crippen LogP contribution in [0.15, 0.2) is 29.2 Å². The summed E-state index contributed by atoms with van der Waals surface area (Å²) in [6.07, 6.45) is 2.25. The maximum Gasteiger partial charge on any atom is 0.269 e. The second-order valence-electron chi connectivity index (χ2n) is 7.06. The minimum absolute atomic E-state index is 0.00512. The summed E-state index contributed by atoms with van der Waals surface area (Å²) in [4.78, 5) is 31.8. The summed E-state index contributed by atoms with van der Waals surface area (Å²) >= 11 is 0. The standard InChI is InChI=1S/C19H21FN6O3/c1-11-8-26-16(23-18(11)27)7-12(24-26)9-25-6-5-13(10-25)29-15-4-3-14(19(28)21-2)22-17(15)20/h3-4,7-8,13H,5-6,9-10H2,1-2H3,(H,21,28)(H,23,27). The third-order valence-corrected chi connectivity index (χ3v) is 4.88. The quantitative estimate of drug-likeness (QED) is 0.616. The van der Waals surface area contributed by atoms with Gasteiger partial charge < -0.3 is 15.0 Å². The Hall–Kier alpha value is -3.27.